The van der Waals surface area contributed by atoms with Gasteiger partial charge in [-0.2, -0.15) is 13.5 Å². The van der Waals surface area contributed by atoms with Crippen LogP contribution >= 0.6 is 0 Å². The van der Waals surface area contributed by atoms with Gasteiger partial charge in [0, 0.05) is 6.07 Å². The monoisotopic (exact) mass is 186 g/mol. The summed E-state index contributed by atoms with van der Waals surface area (Å²) < 4.78 is 25.3. The Hall–Kier alpha value is -0.0400. The molecule has 0 aliphatic heterocycles. The van der Waals surface area contributed by atoms with E-state index < -0.39 is 10.1 Å². The third-order valence-corrected chi connectivity index (χ3v) is 1.20. The smallest absolute Gasteiger partial charge is 1.00 e. The van der Waals surface area contributed by atoms with Crippen LogP contribution in [-0.2, 0) is 10.1 Å². The van der Waals surface area contributed by atoms with Crippen molar-refractivity contribution in [1.82, 2.24) is 10.2 Å². The Bertz CT molecular complexity index is 298. The van der Waals surface area contributed by atoms with Crippen molar-refractivity contribution in [2.75, 3.05) is 6.26 Å². The Morgan fingerprint density at radius 2 is 2.36 bits per heavy atom. The van der Waals surface area contributed by atoms with Crippen LogP contribution in [0.5, 0.6) is 5.88 Å². The Balaban J connectivity index is 0. The molecule has 5 nitrogen and oxygen atoms in total. The summed E-state index contributed by atoms with van der Waals surface area (Å²) in [5, 5.41) is 5.83. The summed E-state index contributed by atoms with van der Waals surface area (Å²) in [5.74, 6) is 0.127. The van der Waals surface area contributed by atoms with Crippen molar-refractivity contribution in [3.8, 4) is 5.88 Å². The van der Waals surface area contributed by atoms with Crippen LogP contribution in [0.1, 0.15) is 1.43 Å². The van der Waals surface area contributed by atoms with E-state index in [1.165, 1.54) is 12.3 Å². The molecule has 1 N–H and O–H groups in total. The van der Waals surface area contributed by atoms with Crippen LogP contribution in [0, 0.1) is 0 Å². The fourth-order valence-corrected chi connectivity index (χ4v) is 0.872. The van der Waals surface area contributed by atoms with Gasteiger partial charge in [0.05, 0.1) is 12.5 Å². The van der Waals surface area contributed by atoms with E-state index in [0.29, 0.717) is 0 Å². The van der Waals surface area contributed by atoms with E-state index in [9.17, 15) is 8.42 Å². The quantitative estimate of drug-likeness (QED) is 0.391. The molecule has 0 radical (unpaired) electrons. The maximum atomic E-state index is 10.4. The van der Waals surface area contributed by atoms with E-state index in [2.05, 4.69) is 14.4 Å². The van der Waals surface area contributed by atoms with Gasteiger partial charge >= 0.3 is 39.7 Å². The SMILES string of the molecule is CS(=O)(=O)Oc1ccn[nH]1.[H-].[Na+]. The summed E-state index contributed by atoms with van der Waals surface area (Å²) in [5.41, 5.74) is 0. The predicted octanol–water partition coefficient (Wildman–Crippen LogP) is -3.14. The van der Waals surface area contributed by atoms with E-state index in [0.717, 1.165) is 6.26 Å². The summed E-state index contributed by atoms with van der Waals surface area (Å²) in [4.78, 5) is 0. The van der Waals surface area contributed by atoms with Gasteiger partial charge < -0.3 is 5.61 Å². The first-order chi connectivity index (χ1) is 4.58. The number of hydrogen-bond donors (Lipinski definition) is 1. The van der Waals surface area contributed by atoms with Crippen molar-refractivity contribution in [1.29, 1.82) is 0 Å². The maximum absolute atomic E-state index is 10.4. The third-order valence-electron chi connectivity index (χ3n) is 0.716. The number of rotatable bonds is 2. The van der Waals surface area contributed by atoms with Crippen LogP contribution in [0.4, 0.5) is 0 Å². The van der Waals surface area contributed by atoms with Gasteiger partial charge in [0.1, 0.15) is 0 Å². The molecule has 0 bridgehead atoms. The average molecular weight is 186 g/mol. The largest absolute Gasteiger partial charge is 1.00 e. The Morgan fingerprint density at radius 3 is 2.73 bits per heavy atom. The predicted molar refractivity (Wildman–Crippen MR) is 35.2 cm³/mol. The first-order valence-electron chi connectivity index (χ1n) is 2.47. The Labute approximate surface area is 88.0 Å². The van der Waals surface area contributed by atoms with Crippen LogP contribution in [0.15, 0.2) is 12.3 Å². The summed E-state index contributed by atoms with van der Waals surface area (Å²) in [6.45, 7) is 0. The van der Waals surface area contributed by atoms with Crippen LogP contribution in [0.25, 0.3) is 0 Å². The van der Waals surface area contributed by atoms with Crippen LogP contribution < -0.4 is 33.7 Å². The molecule has 1 rings (SSSR count). The molecule has 0 unspecified atom stereocenters. The van der Waals surface area contributed by atoms with Crippen molar-refractivity contribution in [3.05, 3.63) is 12.3 Å². The molecule has 0 saturated carbocycles. The third kappa shape index (κ3) is 4.41. The second kappa shape index (κ2) is 4.10. The molecule has 7 heteroatoms. The molecule has 1 heterocycles. The topological polar surface area (TPSA) is 72.1 Å². The van der Waals surface area contributed by atoms with Crippen LogP contribution in [-0.4, -0.2) is 24.9 Å². The van der Waals surface area contributed by atoms with Crippen molar-refractivity contribution in [2.45, 2.75) is 0 Å². The molecule has 0 amide bonds. The molecule has 1 aromatic rings. The van der Waals surface area contributed by atoms with E-state index in [4.69, 9.17) is 0 Å². The van der Waals surface area contributed by atoms with Gasteiger partial charge in [-0.05, 0) is 0 Å². The van der Waals surface area contributed by atoms with Crippen molar-refractivity contribution >= 4 is 10.1 Å². The number of H-pyrrole nitrogens is 1. The zero-order valence-corrected chi connectivity index (χ0v) is 9.05. The minimum absolute atomic E-state index is 0. The van der Waals surface area contributed by atoms with Crippen molar-refractivity contribution in [3.63, 3.8) is 0 Å². The van der Waals surface area contributed by atoms with Crippen LogP contribution in [0.3, 0.4) is 0 Å². The second-order valence-electron chi connectivity index (χ2n) is 1.71. The number of aromatic amines is 1. The van der Waals surface area contributed by atoms with Crippen LogP contribution in [0.2, 0.25) is 0 Å². The molecule has 0 saturated heterocycles. The van der Waals surface area contributed by atoms with Gasteiger partial charge in [-0.15, -0.1) is 0 Å². The zero-order chi connectivity index (χ0) is 7.61. The van der Waals surface area contributed by atoms with Gasteiger partial charge in [0.2, 0.25) is 5.88 Å². The summed E-state index contributed by atoms with van der Waals surface area (Å²) >= 11 is 0. The molecule has 0 aliphatic rings. The summed E-state index contributed by atoms with van der Waals surface area (Å²) in [7, 11) is -3.42. The van der Waals surface area contributed by atoms with Crippen molar-refractivity contribution in [2.24, 2.45) is 0 Å². The number of hydrogen-bond acceptors (Lipinski definition) is 4. The van der Waals surface area contributed by atoms with Gasteiger partial charge in [-0.25, -0.2) is 5.10 Å². The average Bonchev–Trinajstić information content (AvgIpc) is 2.12. The first kappa shape index (κ1) is 11.0. The molecular weight excluding hydrogens is 179 g/mol. The minimum atomic E-state index is -3.42. The van der Waals surface area contributed by atoms with Gasteiger partial charge in [-0.1, -0.05) is 0 Å². The summed E-state index contributed by atoms with van der Waals surface area (Å²) in [6.07, 6.45) is 2.37. The zero-order valence-electron chi connectivity index (χ0n) is 7.23. The minimum Gasteiger partial charge on any atom is -1.00 e. The molecule has 0 spiro atoms. The molecule has 11 heavy (non-hydrogen) atoms. The molecule has 0 atom stereocenters. The van der Waals surface area contributed by atoms with E-state index in [-0.39, 0.29) is 36.9 Å². The maximum Gasteiger partial charge on any atom is 1.00 e. The Morgan fingerprint density at radius 1 is 1.73 bits per heavy atom. The molecule has 1 aromatic heterocycles. The summed E-state index contributed by atoms with van der Waals surface area (Å²) in [6, 6.07) is 1.42. The van der Waals surface area contributed by atoms with Gasteiger partial charge in [0.25, 0.3) is 0 Å². The Kier molecular flexibility index (Phi) is 4.09. The number of nitrogens with one attached hydrogen (secondary N) is 1. The fourth-order valence-electron chi connectivity index (χ4n) is 0.453. The normalized spacial score (nSPS) is 10.3. The molecular formula is C4H7N2NaO3S. The van der Waals surface area contributed by atoms with Crippen molar-refractivity contribution < 1.29 is 43.6 Å². The molecule has 0 aliphatic carbocycles. The van der Waals surface area contributed by atoms with Gasteiger partial charge in [0.15, 0.2) is 0 Å². The van der Waals surface area contributed by atoms with E-state index in [1.54, 1.807) is 0 Å². The standard InChI is InChI=1S/C4H6N2O3S.Na.H/c1-10(7,8)9-4-2-3-5-6-4;;/h2-3H,1H3,(H,5,6);;/q;+1;-1. The first-order valence-corrected chi connectivity index (χ1v) is 4.28. The molecule has 0 aromatic carbocycles. The van der Waals surface area contributed by atoms with Gasteiger partial charge in [-0.3, -0.25) is 0 Å². The number of aromatic nitrogens is 2. The second-order valence-corrected chi connectivity index (χ2v) is 3.28. The van der Waals surface area contributed by atoms with E-state index >= 15 is 0 Å². The van der Waals surface area contributed by atoms with E-state index in [1.807, 2.05) is 0 Å². The number of nitrogens with zero attached hydrogens (tertiary/aromatic N) is 1. The molecule has 0 fully saturated rings. The fraction of sp³-hybridized carbons (Fsp3) is 0.250. The molecule has 58 valence electrons.